The fourth-order valence-electron chi connectivity index (χ4n) is 7.72. The molecule has 0 aromatic heterocycles. The van der Waals surface area contributed by atoms with Crippen molar-refractivity contribution in [1.29, 1.82) is 0 Å². The van der Waals surface area contributed by atoms with Gasteiger partial charge in [-0.2, -0.15) is 0 Å². The van der Waals surface area contributed by atoms with Crippen LogP contribution >= 0.6 is 0 Å². The van der Waals surface area contributed by atoms with E-state index in [-0.39, 0.29) is 0 Å². The molecular formula is C28H37NO2. The van der Waals surface area contributed by atoms with Gasteiger partial charge in [-0.15, -0.1) is 0 Å². The van der Waals surface area contributed by atoms with Crippen molar-refractivity contribution in [3.05, 3.63) is 59.7 Å². The summed E-state index contributed by atoms with van der Waals surface area (Å²) in [7, 11) is 0. The van der Waals surface area contributed by atoms with E-state index in [2.05, 4.69) is 49.5 Å². The standard InChI is InChI=1S/C28H37NO2/c1-4-30-25-12-22(10-11-24(25)31-17-21-8-6-5-7-9-21)16-29-28-15-23-13-26(2,19-28)18-27(3,14-23)20-28/h5-12,23,29H,4,13-20H2,1-3H3. The normalized spacial score (nSPS) is 33.5. The molecular weight excluding hydrogens is 382 g/mol. The molecule has 0 aliphatic heterocycles. The van der Waals surface area contributed by atoms with Gasteiger partial charge in [-0.3, -0.25) is 0 Å². The molecule has 4 aliphatic carbocycles. The van der Waals surface area contributed by atoms with Crippen LogP contribution in [0.5, 0.6) is 11.5 Å². The molecule has 0 saturated heterocycles. The first kappa shape index (κ1) is 20.9. The van der Waals surface area contributed by atoms with Crippen LogP contribution in [0, 0.1) is 16.7 Å². The van der Waals surface area contributed by atoms with Crippen LogP contribution in [0.25, 0.3) is 0 Å². The van der Waals surface area contributed by atoms with Gasteiger partial charge in [0.25, 0.3) is 0 Å². The molecule has 31 heavy (non-hydrogen) atoms. The molecule has 6 rings (SSSR count). The van der Waals surface area contributed by atoms with Crippen LogP contribution < -0.4 is 14.8 Å². The molecule has 0 amide bonds. The fraction of sp³-hybridized carbons (Fsp3) is 0.571. The number of nitrogens with one attached hydrogen (secondary N) is 1. The zero-order chi connectivity index (χ0) is 21.5. The summed E-state index contributed by atoms with van der Waals surface area (Å²) in [6.07, 6.45) is 8.32. The topological polar surface area (TPSA) is 30.5 Å². The molecule has 3 heteroatoms. The molecule has 0 spiro atoms. The second-order valence-electron chi connectivity index (χ2n) is 11.3. The summed E-state index contributed by atoms with van der Waals surface area (Å²) in [6, 6.07) is 16.7. The Hall–Kier alpha value is -2.00. The number of hydrogen-bond acceptors (Lipinski definition) is 3. The summed E-state index contributed by atoms with van der Waals surface area (Å²) < 4.78 is 12.0. The van der Waals surface area contributed by atoms with Gasteiger partial charge in [0.15, 0.2) is 11.5 Å². The second-order valence-corrected chi connectivity index (χ2v) is 11.3. The van der Waals surface area contributed by atoms with E-state index in [1.165, 1.54) is 49.7 Å². The monoisotopic (exact) mass is 419 g/mol. The minimum Gasteiger partial charge on any atom is -0.490 e. The minimum atomic E-state index is 0.317. The highest BCUT2D eigenvalue weighted by molar-refractivity contribution is 5.43. The van der Waals surface area contributed by atoms with E-state index >= 15 is 0 Å². The van der Waals surface area contributed by atoms with Crippen molar-refractivity contribution >= 4 is 0 Å². The Morgan fingerprint density at radius 3 is 2.26 bits per heavy atom. The first-order chi connectivity index (χ1) is 14.9. The van der Waals surface area contributed by atoms with Crippen molar-refractivity contribution in [2.75, 3.05) is 6.61 Å². The molecule has 4 saturated carbocycles. The average Bonchev–Trinajstić information content (AvgIpc) is 2.70. The third-order valence-electron chi connectivity index (χ3n) is 7.84. The van der Waals surface area contributed by atoms with E-state index < -0.39 is 0 Å². The maximum atomic E-state index is 6.09. The van der Waals surface area contributed by atoms with E-state index in [4.69, 9.17) is 9.47 Å². The van der Waals surface area contributed by atoms with Gasteiger partial charge in [-0.25, -0.2) is 0 Å². The molecule has 2 unspecified atom stereocenters. The summed E-state index contributed by atoms with van der Waals surface area (Å²) in [5, 5.41) is 4.04. The lowest BCUT2D eigenvalue weighted by Gasteiger charge is -2.65. The quantitative estimate of drug-likeness (QED) is 0.529. The summed E-state index contributed by atoms with van der Waals surface area (Å²) >= 11 is 0. The van der Waals surface area contributed by atoms with Crippen LogP contribution in [-0.2, 0) is 13.2 Å². The van der Waals surface area contributed by atoms with Crippen LogP contribution in [0.4, 0.5) is 0 Å². The van der Waals surface area contributed by atoms with Gasteiger partial charge in [-0.1, -0.05) is 50.2 Å². The Morgan fingerprint density at radius 1 is 0.839 bits per heavy atom. The molecule has 1 N–H and O–H groups in total. The fourth-order valence-corrected chi connectivity index (χ4v) is 7.72. The summed E-state index contributed by atoms with van der Waals surface area (Å²) in [4.78, 5) is 0. The summed E-state index contributed by atoms with van der Waals surface area (Å²) in [5.41, 5.74) is 3.83. The van der Waals surface area contributed by atoms with E-state index in [1.54, 1.807) is 0 Å². The van der Waals surface area contributed by atoms with Gasteiger partial charge in [0.1, 0.15) is 6.61 Å². The smallest absolute Gasteiger partial charge is 0.161 e. The number of hydrogen-bond donors (Lipinski definition) is 1. The summed E-state index contributed by atoms with van der Waals surface area (Å²) in [5.74, 6) is 2.58. The molecule has 2 aromatic rings. The Bertz CT molecular complexity index is 906. The molecule has 4 bridgehead atoms. The zero-order valence-electron chi connectivity index (χ0n) is 19.4. The SMILES string of the molecule is CCOc1cc(CNC23CC4CC(C)(CC(C)(C4)C2)C3)ccc1OCc1ccccc1. The summed E-state index contributed by atoms with van der Waals surface area (Å²) in [6.45, 7) is 9.21. The third-order valence-corrected chi connectivity index (χ3v) is 7.84. The predicted molar refractivity (Wildman–Crippen MR) is 125 cm³/mol. The first-order valence-electron chi connectivity index (χ1n) is 12.1. The van der Waals surface area contributed by atoms with Crippen molar-refractivity contribution < 1.29 is 9.47 Å². The molecule has 0 radical (unpaired) electrons. The van der Waals surface area contributed by atoms with E-state index in [1.807, 2.05) is 25.1 Å². The molecule has 3 nitrogen and oxygen atoms in total. The predicted octanol–water partition coefficient (Wildman–Crippen LogP) is 6.50. The van der Waals surface area contributed by atoms with E-state index in [0.29, 0.717) is 29.6 Å². The van der Waals surface area contributed by atoms with Gasteiger partial charge >= 0.3 is 0 Å². The lowest BCUT2D eigenvalue weighted by Crippen LogP contribution is -2.63. The lowest BCUT2D eigenvalue weighted by molar-refractivity contribution is -0.118. The van der Waals surface area contributed by atoms with E-state index in [0.717, 1.165) is 24.0 Å². The van der Waals surface area contributed by atoms with Gasteiger partial charge in [-0.05, 0) is 85.5 Å². The average molecular weight is 420 g/mol. The van der Waals surface area contributed by atoms with Crippen LogP contribution in [-0.4, -0.2) is 12.1 Å². The Morgan fingerprint density at radius 2 is 1.58 bits per heavy atom. The lowest BCUT2D eigenvalue weighted by atomic mass is 9.43. The minimum absolute atomic E-state index is 0.317. The Kier molecular flexibility index (Phi) is 5.29. The molecule has 2 atom stereocenters. The largest absolute Gasteiger partial charge is 0.490 e. The van der Waals surface area contributed by atoms with Crippen molar-refractivity contribution in [3.63, 3.8) is 0 Å². The third kappa shape index (κ3) is 4.35. The molecule has 166 valence electrons. The second kappa shape index (κ2) is 7.85. The zero-order valence-corrected chi connectivity index (χ0v) is 19.4. The first-order valence-corrected chi connectivity index (χ1v) is 12.1. The molecule has 4 aliphatic rings. The van der Waals surface area contributed by atoms with E-state index in [9.17, 15) is 0 Å². The van der Waals surface area contributed by atoms with Crippen molar-refractivity contribution in [2.45, 2.75) is 78.0 Å². The highest BCUT2D eigenvalue weighted by Crippen LogP contribution is 2.66. The Balaban J connectivity index is 1.28. The highest BCUT2D eigenvalue weighted by atomic mass is 16.5. The van der Waals surface area contributed by atoms with Gasteiger partial charge in [0.05, 0.1) is 6.61 Å². The van der Waals surface area contributed by atoms with Gasteiger partial charge < -0.3 is 14.8 Å². The van der Waals surface area contributed by atoms with Crippen LogP contribution in [0.15, 0.2) is 48.5 Å². The van der Waals surface area contributed by atoms with Gasteiger partial charge in [0, 0.05) is 12.1 Å². The maximum Gasteiger partial charge on any atom is 0.161 e. The van der Waals surface area contributed by atoms with Gasteiger partial charge in [0.2, 0.25) is 0 Å². The highest BCUT2D eigenvalue weighted by Gasteiger charge is 2.59. The van der Waals surface area contributed by atoms with Crippen molar-refractivity contribution in [1.82, 2.24) is 5.32 Å². The molecule has 2 aromatic carbocycles. The van der Waals surface area contributed by atoms with Crippen molar-refractivity contribution in [2.24, 2.45) is 16.7 Å². The number of ether oxygens (including phenoxy) is 2. The van der Waals surface area contributed by atoms with Crippen LogP contribution in [0.2, 0.25) is 0 Å². The van der Waals surface area contributed by atoms with Crippen LogP contribution in [0.3, 0.4) is 0 Å². The molecule has 4 fully saturated rings. The number of benzene rings is 2. The Labute approximate surface area is 187 Å². The van der Waals surface area contributed by atoms with Crippen molar-refractivity contribution in [3.8, 4) is 11.5 Å². The molecule has 0 heterocycles. The van der Waals surface area contributed by atoms with Crippen LogP contribution in [0.1, 0.15) is 70.4 Å². The number of rotatable bonds is 8. The maximum absolute atomic E-state index is 6.09.